The van der Waals surface area contributed by atoms with Gasteiger partial charge in [0.05, 0.1) is 12.7 Å². The molecule has 0 bridgehead atoms. The van der Waals surface area contributed by atoms with Crippen molar-refractivity contribution in [2.45, 2.75) is 6.92 Å². The van der Waals surface area contributed by atoms with Gasteiger partial charge in [-0.05, 0) is 53.9 Å². The number of hydrogen-bond acceptors (Lipinski definition) is 3. The van der Waals surface area contributed by atoms with Crippen molar-refractivity contribution >= 4 is 5.65 Å². The molecule has 5 heteroatoms. The first-order chi connectivity index (χ1) is 12.2. The van der Waals surface area contributed by atoms with Crippen molar-refractivity contribution in [1.82, 2.24) is 14.6 Å². The number of benzene rings is 2. The normalized spacial score (nSPS) is 11.0. The van der Waals surface area contributed by atoms with E-state index in [1.165, 1.54) is 0 Å². The minimum Gasteiger partial charge on any atom is -0.496 e. The third-order valence-electron chi connectivity index (χ3n) is 4.26. The van der Waals surface area contributed by atoms with Gasteiger partial charge in [0.2, 0.25) is 0 Å². The van der Waals surface area contributed by atoms with E-state index in [4.69, 9.17) is 4.74 Å². The summed E-state index contributed by atoms with van der Waals surface area (Å²) in [5, 5.41) is 8.52. The van der Waals surface area contributed by atoms with Crippen LogP contribution < -0.4 is 4.74 Å². The summed E-state index contributed by atoms with van der Waals surface area (Å²) in [4.78, 5) is 0. The van der Waals surface area contributed by atoms with Gasteiger partial charge in [0.25, 0.3) is 0 Å². The molecule has 124 valence electrons. The van der Waals surface area contributed by atoms with Gasteiger partial charge in [0, 0.05) is 6.20 Å². The molecule has 0 atom stereocenters. The smallest absolute Gasteiger partial charge is 0.172 e. The maximum Gasteiger partial charge on any atom is 0.172 e. The van der Waals surface area contributed by atoms with Crippen LogP contribution in [0.25, 0.3) is 28.2 Å². The Morgan fingerprint density at radius 1 is 0.960 bits per heavy atom. The van der Waals surface area contributed by atoms with Crippen molar-refractivity contribution in [3.63, 3.8) is 0 Å². The quantitative estimate of drug-likeness (QED) is 0.553. The fourth-order valence-electron chi connectivity index (χ4n) is 2.85. The van der Waals surface area contributed by atoms with Gasteiger partial charge in [-0.3, -0.25) is 4.40 Å². The van der Waals surface area contributed by atoms with Crippen LogP contribution in [0, 0.1) is 12.7 Å². The van der Waals surface area contributed by atoms with Gasteiger partial charge in [-0.1, -0.05) is 24.3 Å². The maximum atomic E-state index is 13.9. The molecule has 0 amide bonds. The van der Waals surface area contributed by atoms with E-state index in [0.29, 0.717) is 11.4 Å². The maximum absolute atomic E-state index is 13.9. The van der Waals surface area contributed by atoms with Gasteiger partial charge in [0.1, 0.15) is 11.6 Å². The van der Waals surface area contributed by atoms with Crippen LogP contribution in [-0.2, 0) is 0 Å². The zero-order valence-electron chi connectivity index (χ0n) is 13.9. The molecule has 2 aromatic heterocycles. The van der Waals surface area contributed by atoms with E-state index < -0.39 is 0 Å². The number of nitrogens with zero attached hydrogens (tertiary/aromatic N) is 3. The summed E-state index contributed by atoms with van der Waals surface area (Å²) in [6, 6.07) is 16.7. The highest BCUT2D eigenvalue weighted by atomic mass is 19.1. The van der Waals surface area contributed by atoms with Crippen LogP contribution in [0.1, 0.15) is 5.56 Å². The Hall–Kier alpha value is -3.21. The van der Waals surface area contributed by atoms with Crippen molar-refractivity contribution in [3.05, 3.63) is 72.2 Å². The number of rotatable bonds is 3. The summed E-state index contributed by atoms with van der Waals surface area (Å²) in [6.07, 6.45) is 1.92. The van der Waals surface area contributed by atoms with Gasteiger partial charge in [-0.2, -0.15) is 0 Å². The molecule has 2 aromatic carbocycles. The van der Waals surface area contributed by atoms with Crippen LogP contribution >= 0.6 is 0 Å². The summed E-state index contributed by atoms with van der Waals surface area (Å²) >= 11 is 0. The fourth-order valence-corrected chi connectivity index (χ4v) is 2.85. The monoisotopic (exact) mass is 333 g/mol. The van der Waals surface area contributed by atoms with Crippen LogP contribution in [0.3, 0.4) is 0 Å². The first kappa shape index (κ1) is 15.3. The number of para-hydroxylation sites is 1. The zero-order valence-corrected chi connectivity index (χ0v) is 13.9. The minimum atomic E-state index is -0.216. The molecule has 4 aromatic rings. The molecule has 25 heavy (non-hydrogen) atoms. The third kappa shape index (κ3) is 2.63. The van der Waals surface area contributed by atoms with Crippen molar-refractivity contribution in [1.29, 1.82) is 0 Å². The Morgan fingerprint density at radius 3 is 2.56 bits per heavy atom. The second-order valence-corrected chi connectivity index (χ2v) is 5.83. The number of aryl methyl sites for hydroxylation is 1. The lowest BCUT2D eigenvalue weighted by Crippen LogP contribution is -1.94. The Balaban J connectivity index is 1.89. The standard InChI is InChI=1S/C20H16FN3O/c1-13-7-8-14(11-17(13)21)15-9-10-19-22-23-20(24(19)12-15)16-5-3-4-6-18(16)25-2/h3-12H,1-2H3. The van der Waals surface area contributed by atoms with E-state index in [-0.39, 0.29) is 5.82 Å². The Bertz CT molecular complexity index is 1070. The lowest BCUT2D eigenvalue weighted by molar-refractivity contribution is 0.416. The molecule has 0 fully saturated rings. The first-order valence-corrected chi connectivity index (χ1v) is 7.92. The lowest BCUT2D eigenvalue weighted by Gasteiger charge is -2.08. The molecule has 0 saturated carbocycles. The van der Waals surface area contributed by atoms with E-state index in [0.717, 1.165) is 28.1 Å². The SMILES string of the molecule is COc1ccccc1-c1nnc2ccc(-c3ccc(C)c(F)c3)cn12. The molecule has 0 spiro atoms. The molecule has 0 N–H and O–H groups in total. The third-order valence-corrected chi connectivity index (χ3v) is 4.26. The number of fused-ring (bicyclic) bond motifs is 1. The Morgan fingerprint density at radius 2 is 1.76 bits per heavy atom. The lowest BCUT2D eigenvalue weighted by atomic mass is 10.1. The average Bonchev–Trinajstić information content (AvgIpc) is 3.07. The summed E-state index contributed by atoms with van der Waals surface area (Å²) in [6.45, 7) is 1.75. The van der Waals surface area contributed by atoms with E-state index in [1.54, 1.807) is 26.2 Å². The first-order valence-electron chi connectivity index (χ1n) is 7.92. The summed E-state index contributed by atoms with van der Waals surface area (Å²) in [5.74, 6) is 1.19. The summed E-state index contributed by atoms with van der Waals surface area (Å²) in [7, 11) is 1.63. The number of halogens is 1. The highest BCUT2D eigenvalue weighted by Gasteiger charge is 2.13. The molecule has 0 aliphatic rings. The second kappa shape index (κ2) is 6.02. The van der Waals surface area contributed by atoms with Gasteiger partial charge in [-0.15, -0.1) is 10.2 Å². The van der Waals surface area contributed by atoms with Crippen molar-refractivity contribution in [3.8, 4) is 28.3 Å². The Labute approximate surface area is 144 Å². The second-order valence-electron chi connectivity index (χ2n) is 5.83. The summed E-state index contributed by atoms with van der Waals surface area (Å²) in [5.41, 5.74) is 3.90. The number of aromatic nitrogens is 3. The summed E-state index contributed by atoms with van der Waals surface area (Å²) < 4.78 is 21.2. The number of pyridine rings is 1. The predicted octanol–water partition coefficient (Wildman–Crippen LogP) is 4.52. The fraction of sp³-hybridized carbons (Fsp3) is 0.100. The molecular formula is C20H16FN3O. The predicted molar refractivity (Wildman–Crippen MR) is 95.1 cm³/mol. The van der Waals surface area contributed by atoms with Crippen molar-refractivity contribution in [2.75, 3.05) is 7.11 Å². The van der Waals surface area contributed by atoms with Crippen LogP contribution in [0.5, 0.6) is 5.75 Å². The van der Waals surface area contributed by atoms with Crippen molar-refractivity contribution in [2.24, 2.45) is 0 Å². The largest absolute Gasteiger partial charge is 0.496 e. The number of ether oxygens (including phenoxy) is 1. The number of methoxy groups -OCH3 is 1. The van der Waals surface area contributed by atoms with E-state index in [2.05, 4.69) is 10.2 Å². The molecule has 2 heterocycles. The highest BCUT2D eigenvalue weighted by Crippen LogP contribution is 2.30. The van der Waals surface area contributed by atoms with Gasteiger partial charge in [0.15, 0.2) is 11.5 Å². The topological polar surface area (TPSA) is 39.4 Å². The Kier molecular flexibility index (Phi) is 3.69. The van der Waals surface area contributed by atoms with E-state index in [9.17, 15) is 4.39 Å². The van der Waals surface area contributed by atoms with E-state index >= 15 is 0 Å². The van der Waals surface area contributed by atoms with Crippen LogP contribution in [0.2, 0.25) is 0 Å². The van der Waals surface area contributed by atoms with Gasteiger partial charge < -0.3 is 4.74 Å². The molecule has 0 aliphatic carbocycles. The van der Waals surface area contributed by atoms with Crippen molar-refractivity contribution < 1.29 is 9.13 Å². The highest BCUT2D eigenvalue weighted by molar-refractivity contribution is 5.70. The van der Waals surface area contributed by atoms with Crippen LogP contribution in [0.15, 0.2) is 60.8 Å². The molecule has 0 radical (unpaired) electrons. The molecule has 0 unspecified atom stereocenters. The molecule has 4 rings (SSSR count). The van der Waals surface area contributed by atoms with Crippen LogP contribution in [-0.4, -0.2) is 21.7 Å². The van der Waals surface area contributed by atoms with Gasteiger partial charge >= 0.3 is 0 Å². The molecule has 0 saturated heterocycles. The average molecular weight is 333 g/mol. The van der Waals surface area contributed by atoms with E-state index in [1.807, 2.05) is 53.1 Å². The minimum absolute atomic E-state index is 0.216. The molecule has 4 nitrogen and oxygen atoms in total. The number of hydrogen-bond donors (Lipinski definition) is 0. The van der Waals surface area contributed by atoms with Gasteiger partial charge in [-0.25, -0.2) is 4.39 Å². The zero-order chi connectivity index (χ0) is 17.4. The molecular weight excluding hydrogens is 317 g/mol. The molecule has 0 aliphatic heterocycles. The van der Waals surface area contributed by atoms with Crippen LogP contribution in [0.4, 0.5) is 4.39 Å².